The zero-order valence-electron chi connectivity index (χ0n) is 34.1. The molecule has 2 fully saturated rings. The van der Waals surface area contributed by atoms with E-state index in [4.69, 9.17) is 18.9 Å². The van der Waals surface area contributed by atoms with Crippen molar-refractivity contribution in [2.75, 3.05) is 47.7 Å². The Hall–Kier alpha value is -6.57. The minimum atomic E-state index is -1.28. The molecule has 5 amide bonds. The third kappa shape index (κ3) is 9.19. The number of methoxy groups -OCH3 is 1. The van der Waals surface area contributed by atoms with Gasteiger partial charge in [-0.05, 0) is 81.3 Å². The molecule has 3 aromatic carbocycles. The number of carboxylic acid groups (broad SMARTS) is 1. The number of aryl methyl sites for hydroxylation is 1. The molecule has 3 aliphatic rings. The number of para-hydroxylation sites is 1. The first kappa shape index (κ1) is 42.1. The Morgan fingerprint density at radius 1 is 0.935 bits per heavy atom. The normalized spacial score (nSPS) is 18.6. The van der Waals surface area contributed by atoms with E-state index in [1.54, 1.807) is 42.3 Å². The number of amides is 5. The number of aromatic nitrogens is 3. The minimum absolute atomic E-state index is 0.0239. The first-order chi connectivity index (χ1) is 30.1. The molecule has 3 atom stereocenters. The van der Waals surface area contributed by atoms with Gasteiger partial charge in [0, 0.05) is 50.1 Å². The van der Waals surface area contributed by atoms with Crippen molar-refractivity contribution in [1.29, 1.82) is 0 Å². The molecule has 5 aromatic rings. The number of rotatable bonds is 13. The fourth-order valence-electron chi connectivity index (χ4n) is 7.86. The lowest BCUT2D eigenvalue weighted by molar-refractivity contribution is -0.198. The molecule has 0 aliphatic carbocycles. The number of carbonyl (C=O) groups is 5. The van der Waals surface area contributed by atoms with Crippen LogP contribution < -0.4 is 30.3 Å². The zero-order valence-corrected chi connectivity index (χ0v) is 34.9. The van der Waals surface area contributed by atoms with Crippen molar-refractivity contribution < 1.29 is 48.0 Å². The van der Waals surface area contributed by atoms with Crippen LogP contribution >= 0.6 is 11.3 Å². The van der Waals surface area contributed by atoms with E-state index in [0.717, 1.165) is 35.3 Å². The van der Waals surface area contributed by atoms with Crippen LogP contribution in [0.15, 0.2) is 66.9 Å². The number of hydrogen-bond donors (Lipinski definition) is 4. The van der Waals surface area contributed by atoms with Crippen LogP contribution in [-0.2, 0) is 21.3 Å². The monoisotopic (exact) mass is 866 g/mol. The van der Waals surface area contributed by atoms with E-state index in [-0.39, 0.29) is 71.6 Å². The highest BCUT2D eigenvalue weighted by atomic mass is 32.1. The molecule has 5 heterocycles. The fraction of sp³-hybridized carbons (Fsp3) is 0.372. The average molecular weight is 867 g/mol. The second-order valence-electron chi connectivity index (χ2n) is 15.1. The topological polar surface area (TPSA) is 216 Å². The van der Waals surface area contributed by atoms with Gasteiger partial charge in [-0.2, -0.15) is 0 Å². The van der Waals surface area contributed by atoms with Crippen molar-refractivity contribution >= 4 is 73.6 Å². The third-order valence-corrected chi connectivity index (χ3v) is 11.8. The van der Waals surface area contributed by atoms with Crippen LogP contribution in [0.4, 0.5) is 27.1 Å². The molecule has 18 nitrogen and oxygen atoms in total. The number of nitrogens with zero attached hydrogens (tertiary/aromatic N) is 5. The number of anilines is 4. The van der Waals surface area contributed by atoms with Crippen LogP contribution in [-0.4, -0.2) is 99.7 Å². The molecule has 0 saturated carbocycles. The van der Waals surface area contributed by atoms with Crippen LogP contribution in [0.3, 0.4) is 0 Å². The number of ether oxygens (including phenoxy) is 4. The van der Waals surface area contributed by atoms with E-state index < -0.39 is 30.6 Å². The Labute approximate surface area is 360 Å². The van der Waals surface area contributed by atoms with E-state index in [1.807, 2.05) is 18.2 Å². The van der Waals surface area contributed by atoms with Gasteiger partial charge >= 0.3 is 6.09 Å². The zero-order chi connectivity index (χ0) is 43.3. The van der Waals surface area contributed by atoms with Gasteiger partial charge in [-0.1, -0.05) is 29.5 Å². The summed E-state index contributed by atoms with van der Waals surface area (Å²) in [5.41, 5.74) is 1.89. The Bertz CT molecular complexity index is 2490. The first-order valence-electron chi connectivity index (χ1n) is 20.4. The second kappa shape index (κ2) is 18.6. The average Bonchev–Trinajstić information content (AvgIpc) is 3.83. The first-order valence-corrected chi connectivity index (χ1v) is 21.2. The van der Waals surface area contributed by atoms with Gasteiger partial charge in [-0.15, -0.1) is 0 Å². The molecule has 4 N–H and O–H groups in total. The van der Waals surface area contributed by atoms with Crippen LogP contribution in [0.1, 0.15) is 82.7 Å². The third-order valence-electron chi connectivity index (χ3n) is 10.9. The number of thiazole rings is 1. The summed E-state index contributed by atoms with van der Waals surface area (Å²) in [6.07, 6.45) is 3.46. The van der Waals surface area contributed by atoms with E-state index in [0.29, 0.717) is 47.9 Å². The molecule has 19 heteroatoms. The van der Waals surface area contributed by atoms with Crippen molar-refractivity contribution in [2.24, 2.45) is 7.05 Å². The highest BCUT2D eigenvalue weighted by molar-refractivity contribution is 7.22. The minimum Gasteiger partial charge on any atom is -0.493 e. The molecule has 8 rings (SSSR count). The highest BCUT2D eigenvalue weighted by Crippen LogP contribution is 2.42. The number of piperidine rings is 1. The van der Waals surface area contributed by atoms with Gasteiger partial charge in [-0.25, -0.2) is 19.7 Å². The summed E-state index contributed by atoms with van der Waals surface area (Å²) in [5, 5.41) is 19.2. The summed E-state index contributed by atoms with van der Waals surface area (Å²) in [6, 6.07) is 16.7. The van der Waals surface area contributed by atoms with Crippen LogP contribution in [0, 0.1) is 0 Å². The molecular formula is C43H46N8O10S. The molecule has 3 aliphatic heterocycles. The number of hydrogen-bond acceptors (Lipinski definition) is 12. The second-order valence-corrected chi connectivity index (χ2v) is 16.1. The summed E-state index contributed by atoms with van der Waals surface area (Å²) in [6.45, 7) is 1.02. The number of benzene rings is 3. The van der Waals surface area contributed by atoms with E-state index in [9.17, 15) is 29.1 Å². The Morgan fingerprint density at radius 2 is 1.76 bits per heavy atom. The molecule has 0 radical (unpaired) electrons. The maximum Gasteiger partial charge on any atom is 0.414 e. The summed E-state index contributed by atoms with van der Waals surface area (Å²) < 4.78 is 26.1. The number of fused-ring (bicyclic) bond motifs is 3. The lowest BCUT2D eigenvalue weighted by atomic mass is 10.00. The molecule has 324 valence electrons. The van der Waals surface area contributed by atoms with E-state index in [2.05, 4.69) is 25.9 Å². The van der Waals surface area contributed by atoms with Crippen molar-refractivity contribution in [3.05, 3.63) is 83.8 Å². The van der Waals surface area contributed by atoms with Gasteiger partial charge in [0.05, 0.1) is 41.2 Å². The van der Waals surface area contributed by atoms with Crippen LogP contribution in [0.25, 0.3) is 10.2 Å². The number of imidazole rings is 1. The quantitative estimate of drug-likeness (QED) is 0.0910. The summed E-state index contributed by atoms with van der Waals surface area (Å²) in [4.78, 5) is 77.7. The van der Waals surface area contributed by atoms with Gasteiger partial charge in [0.25, 0.3) is 17.7 Å². The predicted molar refractivity (Wildman–Crippen MR) is 229 cm³/mol. The molecule has 62 heavy (non-hydrogen) atoms. The maximum atomic E-state index is 14.0. The van der Waals surface area contributed by atoms with Crippen molar-refractivity contribution in [2.45, 2.75) is 69.9 Å². The molecular weight excluding hydrogens is 821 g/mol. The molecule has 1 unspecified atom stereocenters. The largest absolute Gasteiger partial charge is 0.493 e. The van der Waals surface area contributed by atoms with E-state index >= 15 is 0 Å². The Kier molecular flexibility index (Phi) is 12.6. The number of nitrogens with one attached hydrogen (secondary N) is 3. The fourth-order valence-corrected chi connectivity index (χ4v) is 8.70. The highest BCUT2D eigenvalue weighted by Gasteiger charge is 2.46. The lowest BCUT2D eigenvalue weighted by Crippen LogP contribution is -2.57. The van der Waals surface area contributed by atoms with Crippen molar-refractivity contribution in [3.8, 4) is 11.5 Å². The smallest absolute Gasteiger partial charge is 0.414 e. The standard InChI is InChI=1S/C43H46N8O10S/c1-49-24-34(47-37(49)39(54)48-42-45-28-21-25(16-17-33(28)62-42)38(53)44-26-11-4-3-5-12-26)46-35(52)14-10-20-59-32-23-30-27(22-31(32)58-2)40(55)50-18-8-6-13-29(50)41(51(30)43(56)57)61-36-15-7-9-19-60-36/h3-5,11-12,16-17,21-24,29,36,41H,6-10,13-15,18-20H2,1-2H3,(H,44,53)(H,46,52)(H,56,57)(H,45,48,54)/t29-,36?,41-/m0/s1. The molecule has 2 saturated heterocycles. The van der Waals surface area contributed by atoms with Gasteiger partial charge in [-0.3, -0.25) is 24.5 Å². The lowest BCUT2D eigenvalue weighted by Gasteiger charge is -2.42. The molecule has 0 spiro atoms. The van der Waals surface area contributed by atoms with Crippen molar-refractivity contribution in [3.63, 3.8) is 0 Å². The van der Waals surface area contributed by atoms with Crippen molar-refractivity contribution in [1.82, 2.24) is 19.4 Å². The maximum absolute atomic E-state index is 14.0. The summed E-state index contributed by atoms with van der Waals surface area (Å²) >= 11 is 1.24. The Balaban J connectivity index is 0.886. The van der Waals surface area contributed by atoms with Crippen LogP contribution in [0.2, 0.25) is 0 Å². The summed E-state index contributed by atoms with van der Waals surface area (Å²) in [5.74, 6) is -0.904. The Morgan fingerprint density at radius 3 is 2.53 bits per heavy atom. The van der Waals surface area contributed by atoms with E-state index in [1.165, 1.54) is 41.3 Å². The van der Waals surface area contributed by atoms with Gasteiger partial charge in [0.15, 0.2) is 35.0 Å². The van der Waals surface area contributed by atoms with Gasteiger partial charge in [0.2, 0.25) is 11.7 Å². The number of carbonyl (C=O) groups excluding carboxylic acids is 4. The predicted octanol–water partition coefficient (Wildman–Crippen LogP) is 6.70. The summed E-state index contributed by atoms with van der Waals surface area (Å²) in [7, 11) is 3.05. The molecule has 0 bridgehead atoms. The SMILES string of the molecule is COc1cc2c(cc1OCCCC(=O)Nc1cn(C)c(C(=O)Nc3nc4cc(C(=O)Nc5ccccc5)ccc4s3)n1)N(C(=O)O)[C@@H](OC1CCCCO1)[C@@H]1CCCCN1C2=O. The van der Waals surface area contributed by atoms with Gasteiger partial charge in [0.1, 0.15) is 0 Å². The van der Waals surface area contributed by atoms with Gasteiger partial charge < -0.3 is 44.2 Å². The van der Waals surface area contributed by atoms with Crippen LogP contribution in [0.5, 0.6) is 11.5 Å². The molecule has 2 aromatic heterocycles.